The Morgan fingerprint density at radius 1 is 1.38 bits per heavy atom. The van der Waals surface area contributed by atoms with Crippen LogP contribution in [0.2, 0.25) is 5.02 Å². The summed E-state index contributed by atoms with van der Waals surface area (Å²) in [6.07, 6.45) is 6.24. The van der Waals surface area contributed by atoms with Crippen molar-refractivity contribution in [2.24, 2.45) is 0 Å². The zero-order valence-corrected chi connectivity index (χ0v) is 13.3. The van der Waals surface area contributed by atoms with E-state index in [2.05, 4.69) is 17.1 Å². The number of nitrogens with one attached hydrogen (secondary N) is 1. The molecule has 4 nitrogen and oxygen atoms in total. The van der Waals surface area contributed by atoms with Crippen LogP contribution in [0, 0.1) is 0 Å². The number of halogens is 1. The van der Waals surface area contributed by atoms with Gasteiger partial charge in [-0.3, -0.25) is 9.69 Å². The van der Waals surface area contributed by atoms with E-state index < -0.39 is 0 Å². The Morgan fingerprint density at radius 3 is 2.76 bits per heavy atom. The van der Waals surface area contributed by atoms with Crippen LogP contribution in [0.25, 0.3) is 0 Å². The quantitative estimate of drug-likeness (QED) is 0.818. The standard InChI is InChI=1S/C16H24ClN3O/c1-2-20(13-6-4-3-5-7-13)11-16(21)19-15-10-12(17)8-9-14(15)18/h8-10,13H,2-7,11,18H2,1H3,(H,19,21). The fraction of sp³-hybridized carbons (Fsp3) is 0.562. The highest BCUT2D eigenvalue weighted by molar-refractivity contribution is 6.31. The third kappa shape index (κ3) is 4.61. The lowest BCUT2D eigenvalue weighted by Crippen LogP contribution is -2.41. The first-order valence-electron chi connectivity index (χ1n) is 7.69. The Hall–Kier alpha value is -1.26. The summed E-state index contributed by atoms with van der Waals surface area (Å²) in [6, 6.07) is 5.64. The van der Waals surface area contributed by atoms with E-state index in [0.717, 1.165) is 6.54 Å². The molecular weight excluding hydrogens is 286 g/mol. The summed E-state index contributed by atoms with van der Waals surface area (Å²) < 4.78 is 0. The number of amides is 1. The summed E-state index contributed by atoms with van der Waals surface area (Å²) in [5.41, 5.74) is 6.98. The van der Waals surface area contributed by atoms with Gasteiger partial charge >= 0.3 is 0 Å². The Balaban J connectivity index is 1.94. The van der Waals surface area contributed by atoms with Gasteiger partial charge in [-0.05, 0) is 37.6 Å². The molecule has 0 radical (unpaired) electrons. The zero-order chi connectivity index (χ0) is 15.2. The van der Waals surface area contributed by atoms with Crippen molar-refractivity contribution in [1.82, 2.24) is 4.90 Å². The zero-order valence-electron chi connectivity index (χ0n) is 12.6. The summed E-state index contributed by atoms with van der Waals surface area (Å²) in [5, 5.41) is 3.43. The summed E-state index contributed by atoms with van der Waals surface area (Å²) in [7, 11) is 0. The average Bonchev–Trinajstić information content (AvgIpc) is 2.49. The van der Waals surface area contributed by atoms with Gasteiger partial charge < -0.3 is 11.1 Å². The van der Waals surface area contributed by atoms with Crippen molar-refractivity contribution in [1.29, 1.82) is 0 Å². The van der Waals surface area contributed by atoms with Gasteiger partial charge in [-0.2, -0.15) is 0 Å². The molecule has 1 saturated carbocycles. The molecule has 0 spiro atoms. The van der Waals surface area contributed by atoms with E-state index in [4.69, 9.17) is 17.3 Å². The molecule has 0 bridgehead atoms. The Labute approximate surface area is 131 Å². The predicted octanol–water partition coefficient (Wildman–Crippen LogP) is 3.52. The minimum Gasteiger partial charge on any atom is -0.397 e. The van der Waals surface area contributed by atoms with Crippen LogP contribution in [0.15, 0.2) is 18.2 Å². The molecule has 0 unspecified atom stereocenters. The van der Waals surface area contributed by atoms with Crippen molar-refractivity contribution >= 4 is 28.9 Å². The molecule has 2 rings (SSSR count). The second-order valence-corrected chi connectivity index (χ2v) is 6.07. The number of hydrogen-bond acceptors (Lipinski definition) is 3. The van der Waals surface area contributed by atoms with Gasteiger partial charge in [-0.25, -0.2) is 0 Å². The molecule has 116 valence electrons. The number of rotatable bonds is 5. The lowest BCUT2D eigenvalue weighted by atomic mass is 9.94. The fourth-order valence-corrected chi connectivity index (χ4v) is 3.13. The second-order valence-electron chi connectivity index (χ2n) is 5.63. The molecule has 0 heterocycles. The van der Waals surface area contributed by atoms with Crippen LogP contribution in [0.5, 0.6) is 0 Å². The molecule has 5 heteroatoms. The van der Waals surface area contributed by atoms with Crippen LogP contribution in [0.1, 0.15) is 39.0 Å². The molecule has 1 aliphatic carbocycles. The predicted molar refractivity (Wildman–Crippen MR) is 88.6 cm³/mol. The maximum atomic E-state index is 12.2. The van der Waals surface area contributed by atoms with E-state index in [-0.39, 0.29) is 5.91 Å². The fourth-order valence-electron chi connectivity index (χ4n) is 2.96. The molecule has 21 heavy (non-hydrogen) atoms. The van der Waals surface area contributed by atoms with Crippen molar-refractivity contribution in [3.05, 3.63) is 23.2 Å². The number of nitrogens with zero attached hydrogens (tertiary/aromatic N) is 1. The highest BCUT2D eigenvalue weighted by Gasteiger charge is 2.21. The van der Waals surface area contributed by atoms with Crippen LogP contribution in [0.3, 0.4) is 0 Å². The molecule has 1 aromatic carbocycles. The van der Waals surface area contributed by atoms with Crippen LogP contribution < -0.4 is 11.1 Å². The van der Waals surface area contributed by atoms with E-state index in [9.17, 15) is 4.79 Å². The van der Waals surface area contributed by atoms with Gasteiger partial charge in [0, 0.05) is 11.1 Å². The van der Waals surface area contributed by atoms with E-state index in [1.54, 1.807) is 18.2 Å². The Kier molecular flexibility index (Phi) is 5.88. The van der Waals surface area contributed by atoms with Crippen LogP contribution >= 0.6 is 11.6 Å². The average molecular weight is 310 g/mol. The molecule has 0 aliphatic heterocycles. The number of carbonyl (C=O) groups is 1. The SMILES string of the molecule is CCN(CC(=O)Nc1cc(Cl)ccc1N)C1CCCCC1. The summed E-state index contributed by atoms with van der Waals surface area (Å²) in [4.78, 5) is 14.5. The lowest BCUT2D eigenvalue weighted by molar-refractivity contribution is -0.118. The van der Waals surface area contributed by atoms with E-state index in [1.807, 2.05) is 0 Å². The van der Waals surface area contributed by atoms with E-state index >= 15 is 0 Å². The van der Waals surface area contributed by atoms with Crippen LogP contribution in [-0.2, 0) is 4.79 Å². The number of benzene rings is 1. The van der Waals surface area contributed by atoms with E-state index in [1.165, 1.54) is 32.1 Å². The topological polar surface area (TPSA) is 58.4 Å². The highest BCUT2D eigenvalue weighted by atomic mass is 35.5. The minimum atomic E-state index is -0.0311. The molecular formula is C16H24ClN3O. The van der Waals surface area contributed by atoms with E-state index in [0.29, 0.717) is 29.0 Å². The molecule has 1 aliphatic rings. The van der Waals surface area contributed by atoms with Gasteiger partial charge in [0.05, 0.1) is 17.9 Å². The third-order valence-corrected chi connectivity index (χ3v) is 4.37. The van der Waals surface area contributed by atoms with Gasteiger partial charge in [0.2, 0.25) is 5.91 Å². The van der Waals surface area contributed by atoms with Crippen molar-refractivity contribution in [3.63, 3.8) is 0 Å². The monoisotopic (exact) mass is 309 g/mol. The van der Waals surface area contributed by atoms with Gasteiger partial charge in [0.1, 0.15) is 0 Å². The smallest absolute Gasteiger partial charge is 0.238 e. The van der Waals surface area contributed by atoms with Gasteiger partial charge in [-0.15, -0.1) is 0 Å². The molecule has 3 N–H and O–H groups in total. The van der Waals surface area contributed by atoms with Gasteiger partial charge in [0.15, 0.2) is 0 Å². The number of anilines is 2. The van der Waals surface area contributed by atoms with Crippen LogP contribution in [0.4, 0.5) is 11.4 Å². The Bertz CT molecular complexity index is 486. The highest BCUT2D eigenvalue weighted by Crippen LogP contribution is 2.24. The normalized spacial score (nSPS) is 16.1. The maximum absolute atomic E-state index is 12.2. The number of likely N-dealkylation sites (N-methyl/N-ethyl adjacent to an activating group) is 1. The number of nitrogens with two attached hydrogens (primary N) is 1. The molecule has 1 aromatic rings. The van der Waals surface area contributed by atoms with Crippen molar-refractivity contribution in [3.8, 4) is 0 Å². The first-order valence-corrected chi connectivity index (χ1v) is 8.07. The van der Waals surface area contributed by atoms with Crippen molar-refractivity contribution < 1.29 is 4.79 Å². The Morgan fingerprint density at radius 2 is 2.10 bits per heavy atom. The number of carbonyl (C=O) groups excluding carboxylic acids is 1. The lowest BCUT2D eigenvalue weighted by Gasteiger charge is -2.33. The first-order chi connectivity index (χ1) is 10.1. The van der Waals surface area contributed by atoms with Crippen molar-refractivity contribution in [2.45, 2.75) is 45.1 Å². The first kappa shape index (κ1) is 16.1. The molecule has 1 amide bonds. The van der Waals surface area contributed by atoms with Gasteiger partial charge in [-0.1, -0.05) is 37.8 Å². The van der Waals surface area contributed by atoms with Gasteiger partial charge in [0.25, 0.3) is 0 Å². The van der Waals surface area contributed by atoms with Crippen molar-refractivity contribution in [2.75, 3.05) is 24.1 Å². The largest absolute Gasteiger partial charge is 0.397 e. The summed E-state index contributed by atoms with van der Waals surface area (Å²) >= 11 is 5.94. The second kappa shape index (κ2) is 7.66. The summed E-state index contributed by atoms with van der Waals surface area (Å²) in [5.74, 6) is -0.0311. The summed E-state index contributed by atoms with van der Waals surface area (Å²) in [6.45, 7) is 3.41. The number of hydrogen-bond donors (Lipinski definition) is 2. The molecule has 1 fully saturated rings. The minimum absolute atomic E-state index is 0.0311. The molecule has 0 atom stereocenters. The molecule has 0 saturated heterocycles. The molecule has 0 aromatic heterocycles. The third-order valence-electron chi connectivity index (χ3n) is 4.13. The number of nitrogen functional groups attached to an aromatic ring is 1. The van der Waals surface area contributed by atoms with Crippen LogP contribution in [-0.4, -0.2) is 29.9 Å². The maximum Gasteiger partial charge on any atom is 0.238 e.